The monoisotopic (exact) mass is 373 g/mol. The summed E-state index contributed by atoms with van der Waals surface area (Å²) in [5.74, 6) is -0.987. The first-order valence-electron chi connectivity index (χ1n) is 5.13. The Morgan fingerprint density at radius 2 is 1.84 bits per heavy atom. The van der Waals surface area contributed by atoms with Crippen LogP contribution in [0.2, 0.25) is 0 Å². The molecule has 0 aromatic heterocycles. The van der Waals surface area contributed by atoms with Gasteiger partial charge >= 0.3 is 0 Å². The predicted octanol–water partition coefficient (Wildman–Crippen LogP) is 1.25. The van der Waals surface area contributed by atoms with Crippen LogP contribution in [0.5, 0.6) is 0 Å². The minimum absolute atomic E-state index is 0.158. The third-order valence-corrected chi connectivity index (χ3v) is 5.80. The maximum Gasteiger partial charge on any atom is 0.242 e. The number of benzene rings is 1. The van der Waals surface area contributed by atoms with Gasteiger partial charge in [0.15, 0.2) is 0 Å². The second-order valence-corrected chi connectivity index (χ2v) is 9.19. The lowest BCUT2D eigenvalue weighted by atomic mass is 10.3. The van der Waals surface area contributed by atoms with E-state index in [0.717, 1.165) is 16.6 Å². The molecule has 0 aliphatic carbocycles. The molecule has 0 aliphatic rings. The van der Waals surface area contributed by atoms with Gasteiger partial charge in [-0.05, 0) is 34.1 Å². The number of sulfonamides is 1. The van der Waals surface area contributed by atoms with Crippen molar-refractivity contribution in [2.24, 2.45) is 0 Å². The zero-order valence-electron chi connectivity index (χ0n) is 10.3. The van der Waals surface area contributed by atoms with E-state index in [9.17, 15) is 21.2 Å². The van der Waals surface area contributed by atoms with Crippen molar-refractivity contribution in [1.29, 1.82) is 0 Å². The number of halogens is 2. The highest BCUT2D eigenvalue weighted by Crippen LogP contribution is 2.21. The van der Waals surface area contributed by atoms with Gasteiger partial charge in [0.1, 0.15) is 15.7 Å². The van der Waals surface area contributed by atoms with Gasteiger partial charge in [-0.2, -0.15) is 4.31 Å². The van der Waals surface area contributed by atoms with Gasteiger partial charge in [-0.3, -0.25) is 0 Å². The summed E-state index contributed by atoms with van der Waals surface area (Å²) >= 11 is 2.93. The van der Waals surface area contributed by atoms with Crippen molar-refractivity contribution in [2.45, 2.75) is 4.90 Å². The lowest BCUT2D eigenvalue weighted by Crippen LogP contribution is -2.31. The SMILES string of the molecule is CN(CCS(C)(=O)=O)S(=O)(=O)c1ccc(Br)c(F)c1. The molecular weight excluding hydrogens is 361 g/mol. The number of nitrogens with zero attached hydrogens (tertiary/aromatic N) is 1. The van der Waals surface area contributed by atoms with Crippen LogP contribution >= 0.6 is 15.9 Å². The van der Waals surface area contributed by atoms with Crippen LogP contribution in [0.3, 0.4) is 0 Å². The quantitative estimate of drug-likeness (QED) is 0.778. The van der Waals surface area contributed by atoms with Gasteiger partial charge in [0.05, 0.1) is 15.1 Å². The Hall–Kier alpha value is -0.510. The van der Waals surface area contributed by atoms with Crippen LogP contribution in [0.25, 0.3) is 0 Å². The van der Waals surface area contributed by atoms with E-state index in [4.69, 9.17) is 0 Å². The highest BCUT2D eigenvalue weighted by Gasteiger charge is 2.22. The summed E-state index contributed by atoms with van der Waals surface area (Å²) in [5, 5.41) is 0. The third-order valence-electron chi connectivity index (χ3n) is 2.38. The lowest BCUT2D eigenvalue weighted by Gasteiger charge is -2.16. The Morgan fingerprint density at radius 3 is 2.32 bits per heavy atom. The Morgan fingerprint density at radius 1 is 1.26 bits per heavy atom. The van der Waals surface area contributed by atoms with Crippen molar-refractivity contribution in [3.05, 3.63) is 28.5 Å². The molecule has 5 nitrogen and oxygen atoms in total. The molecule has 0 bridgehead atoms. The fraction of sp³-hybridized carbons (Fsp3) is 0.400. The molecule has 0 N–H and O–H groups in total. The topological polar surface area (TPSA) is 71.5 Å². The van der Waals surface area contributed by atoms with E-state index >= 15 is 0 Å². The summed E-state index contributed by atoms with van der Waals surface area (Å²) in [7, 11) is -5.91. The molecule has 0 atom stereocenters. The third kappa shape index (κ3) is 4.51. The number of hydrogen-bond donors (Lipinski definition) is 0. The van der Waals surface area contributed by atoms with Crippen LogP contribution in [0.1, 0.15) is 0 Å². The summed E-state index contributed by atoms with van der Waals surface area (Å²) in [5.41, 5.74) is 0. The van der Waals surface area contributed by atoms with Gasteiger partial charge < -0.3 is 0 Å². The van der Waals surface area contributed by atoms with Gasteiger partial charge in [0, 0.05) is 19.8 Å². The maximum atomic E-state index is 13.3. The second-order valence-electron chi connectivity index (χ2n) is 4.03. The van der Waals surface area contributed by atoms with Crippen molar-refractivity contribution in [2.75, 3.05) is 25.6 Å². The van der Waals surface area contributed by atoms with Gasteiger partial charge in [0.25, 0.3) is 0 Å². The number of rotatable bonds is 5. The fourth-order valence-corrected chi connectivity index (χ4v) is 3.38. The molecule has 0 radical (unpaired) electrons. The average Bonchev–Trinajstić information content (AvgIpc) is 2.28. The van der Waals surface area contributed by atoms with Crippen LogP contribution in [-0.2, 0) is 19.9 Å². The smallest absolute Gasteiger partial charge is 0.229 e. The van der Waals surface area contributed by atoms with E-state index < -0.39 is 25.7 Å². The fourth-order valence-electron chi connectivity index (χ4n) is 1.23. The molecule has 1 aromatic carbocycles. The Labute approximate surface area is 120 Å². The minimum Gasteiger partial charge on any atom is -0.229 e. The van der Waals surface area contributed by atoms with Crippen molar-refractivity contribution in [1.82, 2.24) is 4.31 Å². The molecule has 108 valence electrons. The van der Waals surface area contributed by atoms with Crippen molar-refractivity contribution in [3.8, 4) is 0 Å². The van der Waals surface area contributed by atoms with Crippen LogP contribution in [0, 0.1) is 5.82 Å². The first kappa shape index (κ1) is 16.5. The molecule has 0 spiro atoms. The number of hydrogen-bond acceptors (Lipinski definition) is 4. The summed E-state index contributed by atoms with van der Waals surface area (Å²) in [6.07, 6.45) is 1.02. The standard InChI is InChI=1S/C10H13BrFNO4S2/c1-13(5-6-18(2,14)15)19(16,17)8-3-4-9(11)10(12)7-8/h3-4,7H,5-6H2,1-2H3. The summed E-state index contributed by atoms with van der Waals surface area (Å²) in [4.78, 5) is -0.218. The molecule has 19 heavy (non-hydrogen) atoms. The average molecular weight is 374 g/mol. The van der Waals surface area contributed by atoms with Crippen LogP contribution in [0.15, 0.2) is 27.6 Å². The molecule has 1 rings (SSSR count). The molecule has 0 aliphatic heterocycles. The molecule has 0 heterocycles. The highest BCUT2D eigenvalue weighted by molar-refractivity contribution is 9.10. The number of sulfone groups is 1. The zero-order chi connectivity index (χ0) is 14.8. The Kier molecular flexibility index (Phi) is 5.10. The summed E-state index contributed by atoms with van der Waals surface area (Å²) in [6.45, 7) is -0.182. The molecule has 0 unspecified atom stereocenters. The summed E-state index contributed by atoms with van der Waals surface area (Å²) in [6, 6.07) is 3.42. The van der Waals surface area contributed by atoms with E-state index in [1.54, 1.807) is 0 Å². The summed E-state index contributed by atoms with van der Waals surface area (Å²) < 4.78 is 60.5. The molecular formula is C10H13BrFNO4S2. The van der Waals surface area contributed by atoms with Crippen molar-refractivity contribution in [3.63, 3.8) is 0 Å². The van der Waals surface area contributed by atoms with Crippen molar-refractivity contribution >= 4 is 35.8 Å². The van der Waals surface area contributed by atoms with Crippen LogP contribution in [-0.4, -0.2) is 46.7 Å². The van der Waals surface area contributed by atoms with Gasteiger partial charge in [-0.25, -0.2) is 21.2 Å². The largest absolute Gasteiger partial charge is 0.242 e. The molecule has 0 saturated carbocycles. The minimum atomic E-state index is -3.89. The van der Waals surface area contributed by atoms with E-state index in [0.29, 0.717) is 0 Å². The first-order chi connectivity index (χ1) is 8.54. The highest BCUT2D eigenvalue weighted by atomic mass is 79.9. The Bertz CT molecular complexity index is 673. The van der Waals surface area contributed by atoms with E-state index in [-0.39, 0.29) is 21.7 Å². The molecule has 9 heteroatoms. The second kappa shape index (κ2) is 5.86. The molecule has 0 fully saturated rings. The lowest BCUT2D eigenvalue weighted by molar-refractivity contribution is 0.483. The van der Waals surface area contributed by atoms with Gasteiger partial charge in [-0.15, -0.1) is 0 Å². The first-order valence-corrected chi connectivity index (χ1v) is 9.42. The predicted molar refractivity (Wildman–Crippen MR) is 73.6 cm³/mol. The normalized spacial score (nSPS) is 12.9. The van der Waals surface area contributed by atoms with Crippen molar-refractivity contribution < 1.29 is 21.2 Å². The zero-order valence-corrected chi connectivity index (χ0v) is 13.5. The molecule has 1 aromatic rings. The van der Waals surface area contributed by atoms with Gasteiger partial charge in [0.2, 0.25) is 10.0 Å². The van der Waals surface area contributed by atoms with Gasteiger partial charge in [-0.1, -0.05) is 0 Å². The van der Waals surface area contributed by atoms with Crippen LogP contribution in [0.4, 0.5) is 4.39 Å². The molecule has 0 saturated heterocycles. The Balaban J connectivity index is 3.00. The van der Waals surface area contributed by atoms with E-state index in [1.807, 2.05) is 0 Å². The van der Waals surface area contributed by atoms with Crippen LogP contribution < -0.4 is 0 Å². The maximum absolute atomic E-state index is 13.3. The van der Waals surface area contributed by atoms with E-state index in [2.05, 4.69) is 15.9 Å². The molecule has 0 amide bonds. The van der Waals surface area contributed by atoms with E-state index in [1.165, 1.54) is 19.2 Å².